The van der Waals surface area contributed by atoms with Gasteiger partial charge in [0.15, 0.2) is 5.82 Å². The van der Waals surface area contributed by atoms with Gasteiger partial charge in [0.25, 0.3) is 11.5 Å². The van der Waals surface area contributed by atoms with Crippen LogP contribution >= 0.6 is 11.6 Å². The van der Waals surface area contributed by atoms with Crippen LogP contribution in [-0.2, 0) is 9.59 Å². The van der Waals surface area contributed by atoms with Crippen molar-refractivity contribution in [2.45, 2.75) is 32.7 Å². The summed E-state index contributed by atoms with van der Waals surface area (Å²) in [4.78, 5) is 50.0. The first-order chi connectivity index (χ1) is 21.4. The van der Waals surface area contributed by atoms with Gasteiger partial charge in [0, 0.05) is 37.3 Å². The lowest BCUT2D eigenvalue weighted by Crippen LogP contribution is -2.63. The number of aryl methyl sites for hydroxylation is 1. The summed E-state index contributed by atoms with van der Waals surface area (Å²) in [5.41, 5.74) is -0.0815. The van der Waals surface area contributed by atoms with Crippen molar-refractivity contribution in [1.29, 1.82) is 0 Å². The molecule has 12 heteroatoms. The first-order valence-electron chi connectivity index (χ1n) is 14.4. The SMILES string of the molecule is C=CC(=O)N1CCN2c3c(c(=O)n(-c4c(C)ccnc4C(C)C)c4c(F)c(-c5c(O)cccc5F)c(Cl)cc34)N(C)C(=O)[C@H]2C1. The summed E-state index contributed by atoms with van der Waals surface area (Å²) in [5.74, 6) is -3.42. The van der Waals surface area contributed by atoms with E-state index in [1.807, 2.05) is 13.8 Å². The van der Waals surface area contributed by atoms with E-state index in [0.29, 0.717) is 16.9 Å². The molecule has 0 saturated carbocycles. The van der Waals surface area contributed by atoms with E-state index in [0.717, 1.165) is 6.07 Å². The summed E-state index contributed by atoms with van der Waals surface area (Å²) in [6.45, 7) is 9.48. The van der Waals surface area contributed by atoms with Crippen LogP contribution in [0.1, 0.15) is 31.0 Å². The summed E-state index contributed by atoms with van der Waals surface area (Å²) in [5, 5.41) is 10.6. The minimum absolute atomic E-state index is 0.00200. The molecule has 4 aromatic rings. The van der Waals surface area contributed by atoms with E-state index in [4.69, 9.17) is 11.6 Å². The molecule has 0 bridgehead atoms. The molecular formula is C33H30ClF2N5O4. The van der Waals surface area contributed by atoms with Crippen molar-refractivity contribution in [3.63, 3.8) is 0 Å². The molecule has 45 heavy (non-hydrogen) atoms. The summed E-state index contributed by atoms with van der Waals surface area (Å²) in [6, 6.07) is 5.82. The number of carbonyl (C=O) groups excluding carboxylic acids is 2. The molecule has 4 heterocycles. The van der Waals surface area contributed by atoms with E-state index < -0.39 is 46.0 Å². The van der Waals surface area contributed by atoms with Gasteiger partial charge in [-0.05, 0) is 48.7 Å². The fourth-order valence-electron chi connectivity index (χ4n) is 6.45. The number of anilines is 2. The Morgan fingerprint density at radius 1 is 1.13 bits per heavy atom. The van der Waals surface area contributed by atoms with Crippen LogP contribution in [0.2, 0.25) is 5.02 Å². The highest BCUT2D eigenvalue weighted by Crippen LogP contribution is 2.47. The summed E-state index contributed by atoms with van der Waals surface area (Å²) < 4.78 is 33.6. The van der Waals surface area contributed by atoms with Crippen molar-refractivity contribution < 1.29 is 23.5 Å². The van der Waals surface area contributed by atoms with Crippen molar-refractivity contribution in [1.82, 2.24) is 14.5 Å². The van der Waals surface area contributed by atoms with E-state index in [1.54, 1.807) is 24.1 Å². The number of likely N-dealkylation sites (N-methyl/N-ethyl adjacent to an activating group) is 1. The third-order valence-corrected chi connectivity index (χ3v) is 8.87. The van der Waals surface area contributed by atoms with Gasteiger partial charge in [0.2, 0.25) is 5.91 Å². The van der Waals surface area contributed by atoms with Crippen molar-refractivity contribution in [2.75, 3.05) is 36.5 Å². The van der Waals surface area contributed by atoms with Crippen LogP contribution in [-0.4, -0.2) is 64.1 Å². The number of hydrogen-bond donors (Lipinski definition) is 1. The Kier molecular flexibility index (Phi) is 7.39. The lowest BCUT2D eigenvalue weighted by atomic mass is 9.96. The molecule has 0 spiro atoms. The molecule has 1 fully saturated rings. The van der Waals surface area contributed by atoms with E-state index in [1.165, 1.54) is 45.7 Å². The molecular weight excluding hydrogens is 604 g/mol. The molecule has 2 aromatic carbocycles. The fourth-order valence-corrected chi connectivity index (χ4v) is 6.74. The molecule has 1 N–H and O–H groups in total. The standard InChI is InChI=1S/C33H30ClF2N5O4/c1-6-23(43)39-12-13-40-21(15-39)32(44)38(5)31-30(40)18-14-19(34)24(25-20(35)8-7-9-22(25)42)26(36)29(18)41(33(31)45)28-17(4)10-11-37-27(28)16(2)3/h6-11,14,16,21,42H,1,12-13,15H2,2-5H3/t21-/m1/s1. The van der Waals surface area contributed by atoms with Crippen LogP contribution in [0.25, 0.3) is 27.7 Å². The third-order valence-electron chi connectivity index (χ3n) is 8.57. The van der Waals surface area contributed by atoms with Crippen LogP contribution in [0.3, 0.4) is 0 Å². The number of piperazine rings is 1. The molecule has 2 aliphatic rings. The number of phenols is 1. The second-order valence-electron chi connectivity index (χ2n) is 11.5. The van der Waals surface area contributed by atoms with Gasteiger partial charge < -0.3 is 19.8 Å². The van der Waals surface area contributed by atoms with Gasteiger partial charge in [-0.1, -0.05) is 38.1 Å². The number of aromatic nitrogens is 2. The number of nitrogens with zero attached hydrogens (tertiary/aromatic N) is 5. The number of aromatic hydroxyl groups is 1. The van der Waals surface area contributed by atoms with Crippen LogP contribution in [0, 0.1) is 18.6 Å². The Balaban J connectivity index is 1.79. The molecule has 9 nitrogen and oxygen atoms in total. The van der Waals surface area contributed by atoms with E-state index in [2.05, 4.69) is 11.6 Å². The Morgan fingerprint density at radius 2 is 1.87 bits per heavy atom. The van der Waals surface area contributed by atoms with E-state index >= 15 is 8.78 Å². The minimum Gasteiger partial charge on any atom is -0.507 e. The smallest absolute Gasteiger partial charge is 0.281 e. The summed E-state index contributed by atoms with van der Waals surface area (Å²) in [7, 11) is 1.47. The predicted molar refractivity (Wildman–Crippen MR) is 170 cm³/mol. The van der Waals surface area contributed by atoms with Crippen molar-refractivity contribution in [2.24, 2.45) is 0 Å². The molecule has 2 amide bonds. The number of pyridine rings is 2. The Bertz CT molecular complexity index is 1990. The Hall–Kier alpha value is -4.77. The maximum atomic E-state index is 17.2. The van der Waals surface area contributed by atoms with Gasteiger partial charge in [-0.2, -0.15) is 0 Å². The van der Waals surface area contributed by atoms with Crippen molar-refractivity contribution in [3.05, 3.63) is 87.5 Å². The van der Waals surface area contributed by atoms with Crippen LogP contribution in [0.15, 0.2) is 54.0 Å². The van der Waals surface area contributed by atoms with Crippen LogP contribution < -0.4 is 15.4 Å². The molecule has 1 atom stereocenters. The quantitative estimate of drug-likeness (QED) is 0.306. The van der Waals surface area contributed by atoms with Gasteiger partial charge in [0.1, 0.15) is 23.3 Å². The lowest BCUT2D eigenvalue weighted by Gasteiger charge is -2.47. The summed E-state index contributed by atoms with van der Waals surface area (Å²) in [6.07, 6.45) is 2.77. The fraction of sp³-hybridized carbons (Fsp3) is 0.273. The Morgan fingerprint density at radius 3 is 2.53 bits per heavy atom. The molecule has 0 aliphatic carbocycles. The number of fused-ring (bicyclic) bond motifs is 5. The van der Waals surface area contributed by atoms with Gasteiger partial charge in [-0.15, -0.1) is 0 Å². The zero-order valence-electron chi connectivity index (χ0n) is 25.1. The molecule has 2 aliphatic heterocycles. The topological polar surface area (TPSA) is 99.0 Å². The van der Waals surface area contributed by atoms with E-state index in [-0.39, 0.29) is 58.8 Å². The average Bonchev–Trinajstić information content (AvgIpc) is 3.00. The molecule has 0 unspecified atom stereocenters. The van der Waals surface area contributed by atoms with Gasteiger partial charge in [-0.25, -0.2) is 8.78 Å². The molecule has 6 rings (SSSR count). The summed E-state index contributed by atoms with van der Waals surface area (Å²) >= 11 is 6.72. The number of amides is 2. The maximum Gasteiger partial charge on any atom is 0.281 e. The zero-order valence-corrected chi connectivity index (χ0v) is 25.8. The van der Waals surface area contributed by atoms with Gasteiger partial charge >= 0.3 is 0 Å². The first kappa shape index (κ1) is 30.3. The Labute approximate surface area is 262 Å². The third kappa shape index (κ3) is 4.48. The van der Waals surface area contributed by atoms with Gasteiger partial charge in [-0.3, -0.25) is 23.9 Å². The van der Waals surface area contributed by atoms with E-state index in [9.17, 15) is 19.5 Å². The second kappa shape index (κ2) is 11.0. The second-order valence-corrected chi connectivity index (χ2v) is 11.9. The minimum atomic E-state index is -1.03. The number of halogens is 3. The molecule has 2 aromatic heterocycles. The highest BCUT2D eigenvalue weighted by atomic mass is 35.5. The highest BCUT2D eigenvalue weighted by Gasteiger charge is 2.44. The van der Waals surface area contributed by atoms with Crippen molar-refractivity contribution >= 4 is 45.7 Å². The van der Waals surface area contributed by atoms with Crippen LogP contribution in [0.5, 0.6) is 5.75 Å². The first-order valence-corrected chi connectivity index (χ1v) is 14.8. The number of hydrogen-bond acceptors (Lipinski definition) is 6. The molecule has 232 valence electrons. The zero-order chi connectivity index (χ0) is 32.5. The maximum absolute atomic E-state index is 17.2. The highest BCUT2D eigenvalue weighted by molar-refractivity contribution is 6.35. The molecule has 1 saturated heterocycles. The largest absolute Gasteiger partial charge is 0.507 e. The average molecular weight is 634 g/mol. The number of phenolic OH excluding ortho intramolecular Hbond substituents is 1. The number of carbonyl (C=O) groups is 2. The number of rotatable bonds is 4. The normalized spacial score (nSPS) is 16.3. The molecule has 0 radical (unpaired) electrons. The number of benzene rings is 2. The van der Waals surface area contributed by atoms with Crippen LogP contribution in [0.4, 0.5) is 20.2 Å². The lowest BCUT2D eigenvalue weighted by molar-refractivity contribution is -0.128. The van der Waals surface area contributed by atoms with Gasteiger partial charge in [0.05, 0.1) is 39.7 Å². The monoisotopic (exact) mass is 633 g/mol. The predicted octanol–water partition coefficient (Wildman–Crippen LogP) is 5.30. The van der Waals surface area contributed by atoms with Crippen molar-refractivity contribution in [3.8, 4) is 22.6 Å².